The Bertz CT molecular complexity index is 1430. The third-order valence-corrected chi connectivity index (χ3v) is 7.41. The predicted molar refractivity (Wildman–Crippen MR) is 131 cm³/mol. The van der Waals surface area contributed by atoms with Crippen LogP contribution >= 0.6 is 46.8 Å². The minimum atomic E-state index is -0.231. The standard InChI is InChI=1S/C22H19Cl2N3O2S2/c1-3-25(4-2)18(28)12-26-20-19(13-9-10-15(23)16(24)11-13)31-22(30)27(20)17-8-6-5-7-14(17)21(26)29/h5-11H,3-4,12H2,1-2H3. The molecule has 2 aromatic carbocycles. The molecule has 4 aromatic rings. The van der Waals surface area contributed by atoms with Crippen LogP contribution in [0.4, 0.5) is 0 Å². The van der Waals surface area contributed by atoms with Crippen LogP contribution in [0, 0.1) is 3.95 Å². The molecule has 0 saturated carbocycles. The summed E-state index contributed by atoms with van der Waals surface area (Å²) in [5.41, 5.74) is 1.84. The zero-order valence-corrected chi connectivity index (χ0v) is 20.0. The molecule has 0 atom stereocenters. The highest BCUT2D eigenvalue weighted by Gasteiger charge is 2.21. The Morgan fingerprint density at radius 3 is 2.48 bits per heavy atom. The fourth-order valence-corrected chi connectivity index (χ4v) is 5.42. The largest absolute Gasteiger partial charge is 0.342 e. The fourth-order valence-electron chi connectivity index (χ4n) is 3.70. The second-order valence-corrected chi connectivity index (χ2v) is 9.42. The number of nitrogens with zero attached hydrogens (tertiary/aromatic N) is 3. The first kappa shape index (κ1) is 22.0. The van der Waals surface area contributed by atoms with Gasteiger partial charge in [-0.05, 0) is 55.9 Å². The lowest BCUT2D eigenvalue weighted by Gasteiger charge is -2.20. The molecule has 4 rings (SSSR count). The highest BCUT2D eigenvalue weighted by Crippen LogP contribution is 2.36. The molecule has 2 aromatic heterocycles. The van der Waals surface area contributed by atoms with Crippen molar-refractivity contribution in [3.63, 3.8) is 0 Å². The minimum absolute atomic E-state index is 0.0747. The zero-order valence-electron chi connectivity index (χ0n) is 16.9. The summed E-state index contributed by atoms with van der Waals surface area (Å²) in [5, 5.41) is 1.36. The summed E-state index contributed by atoms with van der Waals surface area (Å²) >= 11 is 19.4. The summed E-state index contributed by atoms with van der Waals surface area (Å²) in [7, 11) is 0. The number of thiazole rings is 1. The van der Waals surface area contributed by atoms with Gasteiger partial charge in [-0.2, -0.15) is 0 Å². The van der Waals surface area contributed by atoms with Gasteiger partial charge in [-0.1, -0.05) is 41.4 Å². The second-order valence-electron chi connectivity index (χ2n) is 6.96. The van der Waals surface area contributed by atoms with Gasteiger partial charge in [0.25, 0.3) is 5.56 Å². The van der Waals surface area contributed by atoms with Crippen molar-refractivity contribution in [3.05, 3.63) is 66.8 Å². The van der Waals surface area contributed by atoms with Gasteiger partial charge in [0, 0.05) is 13.1 Å². The summed E-state index contributed by atoms with van der Waals surface area (Å²) in [6.45, 7) is 4.91. The van der Waals surface area contributed by atoms with Crippen LogP contribution in [0.5, 0.6) is 0 Å². The molecule has 9 heteroatoms. The Kier molecular flexibility index (Phi) is 6.21. The topological polar surface area (TPSA) is 46.7 Å². The molecule has 0 radical (unpaired) electrons. The van der Waals surface area contributed by atoms with E-state index in [9.17, 15) is 9.59 Å². The molecule has 0 spiro atoms. The summed E-state index contributed by atoms with van der Waals surface area (Å²) < 4.78 is 3.97. The van der Waals surface area contributed by atoms with Crippen LogP contribution in [0.1, 0.15) is 13.8 Å². The third kappa shape index (κ3) is 3.80. The van der Waals surface area contributed by atoms with Crippen molar-refractivity contribution in [3.8, 4) is 10.4 Å². The Morgan fingerprint density at radius 1 is 1.10 bits per heavy atom. The number of fused-ring (bicyclic) bond motifs is 3. The maximum atomic E-state index is 13.5. The van der Waals surface area contributed by atoms with E-state index in [1.165, 1.54) is 15.9 Å². The number of hydrogen-bond acceptors (Lipinski definition) is 4. The molecule has 0 fully saturated rings. The summed E-state index contributed by atoms with van der Waals surface area (Å²) in [6.07, 6.45) is 0. The monoisotopic (exact) mass is 491 g/mol. The van der Waals surface area contributed by atoms with E-state index in [-0.39, 0.29) is 18.0 Å². The van der Waals surface area contributed by atoms with E-state index in [0.717, 1.165) is 10.4 Å². The van der Waals surface area contributed by atoms with Crippen molar-refractivity contribution in [2.45, 2.75) is 20.4 Å². The Morgan fingerprint density at radius 2 is 1.81 bits per heavy atom. The van der Waals surface area contributed by atoms with Crippen molar-refractivity contribution < 1.29 is 4.79 Å². The van der Waals surface area contributed by atoms with Gasteiger partial charge in [-0.15, -0.1) is 11.3 Å². The van der Waals surface area contributed by atoms with Crippen molar-refractivity contribution in [2.24, 2.45) is 0 Å². The number of hydrogen-bond donors (Lipinski definition) is 0. The molecular weight excluding hydrogens is 473 g/mol. The van der Waals surface area contributed by atoms with Crippen molar-refractivity contribution in [2.75, 3.05) is 13.1 Å². The maximum Gasteiger partial charge on any atom is 0.262 e. The van der Waals surface area contributed by atoms with E-state index in [1.807, 2.05) is 42.5 Å². The smallest absolute Gasteiger partial charge is 0.262 e. The summed E-state index contributed by atoms with van der Waals surface area (Å²) in [4.78, 5) is 28.9. The molecule has 0 unspecified atom stereocenters. The number of halogens is 2. The number of carbonyl (C=O) groups excluding carboxylic acids is 1. The Balaban J connectivity index is 2.09. The third-order valence-electron chi connectivity index (χ3n) is 5.25. The number of benzene rings is 2. The first-order valence-corrected chi connectivity index (χ1v) is 11.8. The predicted octanol–water partition coefficient (Wildman–Crippen LogP) is 5.89. The molecule has 1 amide bonds. The molecule has 0 N–H and O–H groups in total. The van der Waals surface area contributed by atoms with Crippen LogP contribution in [-0.2, 0) is 11.3 Å². The number of amides is 1. The quantitative estimate of drug-likeness (QED) is 0.327. The van der Waals surface area contributed by atoms with Crippen molar-refractivity contribution in [1.82, 2.24) is 13.9 Å². The van der Waals surface area contributed by atoms with E-state index < -0.39 is 0 Å². The lowest BCUT2D eigenvalue weighted by atomic mass is 10.2. The molecular formula is C22H19Cl2N3O2S2. The molecule has 31 heavy (non-hydrogen) atoms. The molecule has 0 saturated heterocycles. The van der Waals surface area contributed by atoms with Crippen molar-refractivity contribution >= 4 is 69.2 Å². The molecule has 0 aliphatic rings. The van der Waals surface area contributed by atoms with Gasteiger partial charge in [0.15, 0.2) is 3.95 Å². The van der Waals surface area contributed by atoms with E-state index in [0.29, 0.717) is 43.6 Å². The van der Waals surface area contributed by atoms with Gasteiger partial charge in [-0.3, -0.25) is 18.6 Å². The van der Waals surface area contributed by atoms with Crippen LogP contribution in [0.3, 0.4) is 0 Å². The number of carbonyl (C=O) groups is 1. The summed E-state index contributed by atoms with van der Waals surface area (Å²) in [5.74, 6) is -0.124. The maximum absolute atomic E-state index is 13.5. The Hall–Kier alpha value is -2.19. The van der Waals surface area contributed by atoms with Gasteiger partial charge >= 0.3 is 0 Å². The van der Waals surface area contributed by atoms with Crippen molar-refractivity contribution in [1.29, 1.82) is 0 Å². The average Bonchev–Trinajstić information content (AvgIpc) is 3.11. The lowest BCUT2D eigenvalue weighted by molar-refractivity contribution is -0.131. The first-order valence-electron chi connectivity index (χ1n) is 9.77. The van der Waals surface area contributed by atoms with Crippen LogP contribution in [0.15, 0.2) is 47.3 Å². The highest BCUT2D eigenvalue weighted by molar-refractivity contribution is 7.73. The van der Waals surface area contributed by atoms with E-state index >= 15 is 0 Å². The molecule has 2 heterocycles. The molecule has 5 nitrogen and oxygen atoms in total. The first-order chi connectivity index (χ1) is 14.9. The average molecular weight is 492 g/mol. The van der Waals surface area contributed by atoms with E-state index in [1.54, 1.807) is 23.1 Å². The van der Waals surface area contributed by atoms with Crippen LogP contribution < -0.4 is 5.56 Å². The number of aromatic nitrogens is 2. The van der Waals surface area contributed by atoms with Gasteiger partial charge in [-0.25, -0.2) is 0 Å². The molecule has 160 valence electrons. The van der Waals surface area contributed by atoms with Crippen LogP contribution in [0.25, 0.3) is 27.0 Å². The molecule has 0 bridgehead atoms. The van der Waals surface area contributed by atoms with E-state index in [4.69, 9.17) is 35.4 Å². The van der Waals surface area contributed by atoms with Gasteiger partial charge in [0.2, 0.25) is 5.91 Å². The summed E-state index contributed by atoms with van der Waals surface area (Å²) in [6, 6.07) is 12.6. The zero-order chi connectivity index (χ0) is 22.3. The number of rotatable bonds is 5. The number of likely N-dealkylation sites (N-methyl/N-ethyl adjacent to an activating group) is 1. The number of para-hydroxylation sites is 1. The minimum Gasteiger partial charge on any atom is -0.342 e. The van der Waals surface area contributed by atoms with Crippen LogP contribution in [0.2, 0.25) is 10.0 Å². The fraction of sp³-hybridized carbons (Fsp3) is 0.227. The second kappa shape index (κ2) is 8.74. The van der Waals surface area contributed by atoms with E-state index in [2.05, 4.69) is 0 Å². The molecule has 0 aliphatic carbocycles. The lowest BCUT2D eigenvalue weighted by Crippen LogP contribution is -2.37. The van der Waals surface area contributed by atoms with Gasteiger partial charge in [0.1, 0.15) is 12.2 Å². The van der Waals surface area contributed by atoms with Gasteiger partial charge < -0.3 is 4.90 Å². The molecule has 0 aliphatic heterocycles. The highest BCUT2D eigenvalue weighted by atomic mass is 35.5. The Labute approximate surface area is 198 Å². The SMILES string of the molecule is CCN(CC)C(=O)Cn1c(=O)c2ccccc2n2c(=S)sc(-c3ccc(Cl)c(Cl)c3)c12. The van der Waals surface area contributed by atoms with Gasteiger partial charge in [0.05, 0.1) is 25.8 Å². The normalized spacial score (nSPS) is 11.4. The van der Waals surface area contributed by atoms with Crippen LogP contribution in [-0.4, -0.2) is 32.9 Å².